The molecule has 0 spiro atoms. The predicted molar refractivity (Wildman–Crippen MR) is 106 cm³/mol. The zero-order valence-electron chi connectivity index (χ0n) is 14.6. The Hall–Kier alpha value is -2.78. The fourth-order valence-corrected chi connectivity index (χ4v) is 2.55. The lowest BCUT2D eigenvalue weighted by molar-refractivity contribution is 0.129. The minimum absolute atomic E-state index is 0.307. The lowest BCUT2D eigenvalue weighted by Crippen LogP contribution is -2.14. The van der Waals surface area contributed by atoms with E-state index in [2.05, 4.69) is 5.16 Å². The van der Waals surface area contributed by atoms with E-state index in [9.17, 15) is 0 Å². The van der Waals surface area contributed by atoms with Gasteiger partial charge in [-0.15, -0.1) is 0 Å². The lowest BCUT2D eigenvalue weighted by Gasteiger charge is -2.11. The minimum atomic E-state index is 0.307. The van der Waals surface area contributed by atoms with Crippen molar-refractivity contribution >= 4 is 17.3 Å². The topological polar surface area (TPSA) is 30.8 Å². The fourth-order valence-electron chi connectivity index (χ4n) is 2.43. The predicted octanol–water partition coefficient (Wildman–Crippen LogP) is 5.65. The maximum atomic E-state index is 5.99. The number of hydrogen-bond acceptors (Lipinski definition) is 3. The summed E-state index contributed by atoms with van der Waals surface area (Å²) in [6.07, 6.45) is 0. The molecule has 0 aliphatic heterocycles. The molecule has 3 aromatic rings. The Kier molecular flexibility index (Phi) is 6.29. The van der Waals surface area contributed by atoms with Gasteiger partial charge in [-0.3, -0.25) is 0 Å². The molecule has 4 heteroatoms. The molecule has 132 valence electrons. The molecule has 0 aliphatic rings. The average Bonchev–Trinajstić information content (AvgIpc) is 2.67. The maximum absolute atomic E-state index is 5.99. The molecule has 0 N–H and O–H groups in total. The summed E-state index contributed by atoms with van der Waals surface area (Å²) in [4.78, 5) is 5.56. The second-order valence-electron chi connectivity index (χ2n) is 5.86. The maximum Gasteiger partial charge on any atom is 0.142 e. The Morgan fingerprint density at radius 2 is 1.58 bits per heavy atom. The summed E-state index contributed by atoms with van der Waals surface area (Å²) in [6.45, 7) is 2.73. The molecule has 0 fully saturated rings. The Balaban J connectivity index is 1.74. The third-order valence-electron chi connectivity index (χ3n) is 3.88. The second kappa shape index (κ2) is 9.07. The fraction of sp³-hybridized carbons (Fsp3) is 0.136. The number of para-hydroxylation sites is 1. The number of aryl methyl sites for hydroxylation is 1. The molecule has 3 rings (SSSR count). The van der Waals surface area contributed by atoms with Crippen molar-refractivity contribution in [3.05, 3.63) is 101 Å². The van der Waals surface area contributed by atoms with Crippen LogP contribution in [0.4, 0.5) is 0 Å². The largest absolute Gasteiger partial charge is 0.487 e. The molecule has 0 aliphatic carbocycles. The van der Waals surface area contributed by atoms with E-state index in [1.165, 1.54) is 0 Å². The summed E-state index contributed by atoms with van der Waals surface area (Å²) in [5, 5.41) is 4.99. The van der Waals surface area contributed by atoms with Gasteiger partial charge >= 0.3 is 0 Å². The second-order valence-corrected chi connectivity index (χ2v) is 6.29. The van der Waals surface area contributed by atoms with Gasteiger partial charge in [-0.05, 0) is 36.2 Å². The molecule has 0 saturated carbocycles. The van der Waals surface area contributed by atoms with Crippen LogP contribution in [0.5, 0.6) is 5.75 Å². The minimum Gasteiger partial charge on any atom is -0.487 e. The van der Waals surface area contributed by atoms with E-state index < -0.39 is 0 Å². The van der Waals surface area contributed by atoms with Gasteiger partial charge in [0, 0.05) is 10.6 Å². The van der Waals surface area contributed by atoms with Gasteiger partial charge in [0.15, 0.2) is 0 Å². The van der Waals surface area contributed by atoms with Crippen LogP contribution in [0.25, 0.3) is 0 Å². The van der Waals surface area contributed by atoms with Crippen LogP contribution in [0.15, 0.2) is 84.0 Å². The molecule has 0 atom stereocenters. The third-order valence-corrected chi connectivity index (χ3v) is 4.14. The number of ether oxygens (including phenoxy) is 1. The highest BCUT2D eigenvalue weighted by atomic mass is 35.5. The van der Waals surface area contributed by atoms with E-state index in [4.69, 9.17) is 21.2 Å². The van der Waals surface area contributed by atoms with E-state index in [0.29, 0.717) is 23.9 Å². The van der Waals surface area contributed by atoms with Crippen LogP contribution >= 0.6 is 11.6 Å². The van der Waals surface area contributed by atoms with Crippen molar-refractivity contribution < 1.29 is 9.57 Å². The van der Waals surface area contributed by atoms with Gasteiger partial charge in [-0.1, -0.05) is 77.4 Å². The van der Waals surface area contributed by atoms with Gasteiger partial charge in [-0.2, -0.15) is 0 Å². The molecule has 3 nitrogen and oxygen atoms in total. The van der Waals surface area contributed by atoms with Crippen molar-refractivity contribution in [2.24, 2.45) is 5.16 Å². The Morgan fingerprint density at radius 3 is 2.31 bits per heavy atom. The first-order chi connectivity index (χ1) is 12.7. The van der Waals surface area contributed by atoms with E-state index in [1.54, 1.807) is 0 Å². The number of benzene rings is 3. The van der Waals surface area contributed by atoms with Crippen LogP contribution in [0.1, 0.15) is 16.7 Å². The normalized spacial score (nSPS) is 11.2. The molecule has 0 aromatic heterocycles. The van der Waals surface area contributed by atoms with Crippen molar-refractivity contribution in [1.29, 1.82) is 0 Å². The summed E-state index contributed by atoms with van der Waals surface area (Å²) in [5.74, 6) is 0.831. The highest BCUT2D eigenvalue weighted by Gasteiger charge is 2.08. The SMILES string of the molecule is Cc1ccccc1OCC(=NOCc1ccccc1)c1ccc(Cl)cc1. The molecule has 26 heavy (non-hydrogen) atoms. The van der Waals surface area contributed by atoms with Crippen LogP contribution in [0, 0.1) is 6.92 Å². The van der Waals surface area contributed by atoms with Crippen LogP contribution in [-0.2, 0) is 11.4 Å². The number of oxime groups is 1. The van der Waals surface area contributed by atoms with Crippen molar-refractivity contribution in [3.63, 3.8) is 0 Å². The van der Waals surface area contributed by atoms with E-state index in [-0.39, 0.29) is 0 Å². The highest BCUT2D eigenvalue weighted by Crippen LogP contribution is 2.17. The average molecular weight is 366 g/mol. The van der Waals surface area contributed by atoms with Crippen LogP contribution in [0.2, 0.25) is 5.02 Å². The summed E-state index contributed by atoms with van der Waals surface area (Å²) in [6, 6.07) is 25.3. The first-order valence-corrected chi connectivity index (χ1v) is 8.77. The molecule has 3 aromatic carbocycles. The monoisotopic (exact) mass is 365 g/mol. The number of rotatable bonds is 7. The molecule has 0 bridgehead atoms. The Bertz CT molecular complexity index is 861. The summed E-state index contributed by atoms with van der Waals surface area (Å²) < 4.78 is 5.94. The van der Waals surface area contributed by atoms with Crippen LogP contribution < -0.4 is 4.74 Å². The van der Waals surface area contributed by atoms with E-state index in [0.717, 1.165) is 22.4 Å². The van der Waals surface area contributed by atoms with Gasteiger partial charge < -0.3 is 9.57 Å². The molecule has 0 heterocycles. The first-order valence-electron chi connectivity index (χ1n) is 8.39. The summed E-state index contributed by atoms with van der Waals surface area (Å²) >= 11 is 5.99. The molecule has 0 radical (unpaired) electrons. The van der Waals surface area contributed by atoms with E-state index in [1.807, 2.05) is 85.8 Å². The molecular formula is C22H20ClNO2. The van der Waals surface area contributed by atoms with Crippen LogP contribution in [0.3, 0.4) is 0 Å². The number of nitrogens with zero attached hydrogens (tertiary/aromatic N) is 1. The quantitative estimate of drug-likeness (QED) is 0.400. The van der Waals surface area contributed by atoms with Gasteiger partial charge in [0.05, 0.1) is 0 Å². The van der Waals surface area contributed by atoms with Gasteiger partial charge in [0.2, 0.25) is 0 Å². The highest BCUT2D eigenvalue weighted by molar-refractivity contribution is 6.30. The Labute approximate surface area is 158 Å². The molecule has 0 unspecified atom stereocenters. The van der Waals surface area contributed by atoms with Gasteiger partial charge in [0.1, 0.15) is 24.7 Å². The Morgan fingerprint density at radius 1 is 0.885 bits per heavy atom. The van der Waals surface area contributed by atoms with Crippen LogP contribution in [-0.4, -0.2) is 12.3 Å². The van der Waals surface area contributed by atoms with E-state index >= 15 is 0 Å². The number of halogens is 1. The summed E-state index contributed by atoms with van der Waals surface area (Å²) in [7, 11) is 0. The standard InChI is InChI=1S/C22H20ClNO2/c1-17-7-5-6-10-22(17)25-16-21(19-11-13-20(23)14-12-19)24-26-15-18-8-3-2-4-9-18/h2-14H,15-16H2,1H3. The van der Waals surface area contributed by atoms with Gasteiger partial charge in [-0.25, -0.2) is 0 Å². The smallest absolute Gasteiger partial charge is 0.142 e. The first kappa shape index (κ1) is 18.0. The van der Waals surface area contributed by atoms with Crippen molar-refractivity contribution in [3.8, 4) is 5.75 Å². The summed E-state index contributed by atoms with van der Waals surface area (Å²) in [5.41, 5.74) is 3.76. The zero-order chi connectivity index (χ0) is 18.2. The lowest BCUT2D eigenvalue weighted by atomic mass is 10.1. The zero-order valence-corrected chi connectivity index (χ0v) is 15.3. The van der Waals surface area contributed by atoms with Crippen molar-refractivity contribution in [1.82, 2.24) is 0 Å². The van der Waals surface area contributed by atoms with Gasteiger partial charge in [0.25, 0.3) is 0 Å². The molecule has 0 amide bonds. The molecule has 0 saturated heterocycles. The number of hydrogen-bond donors (Lipinski definition) is 0. The third kappa shape index (κ3) is 5.11. The van der Waals surface area contributed by atoms with Crippen molar-refractivity contribution in [2.45, 2.75) is 13.5 Å². The van der Waals surface area contributed by atoms with Crippen molar-refractivity contribution in [2.75, 3.05) is 6.61 Å². The molecular weight excluding hydrogens is 346 g/mol.